The van der Waals surface area contributed by atoms with Crippen molar-refractivity contribution in [3.8, 4) is 0 Å². The van der Waals surface area contributed by atoms with Crippen LogP contribution in [0.4, 0.5) is 0 Å². The molecule has 3 heteroatoms. The largest absolute Gasteiger partial charge is 0.468 e. The predicted molar refractivity (Wildman–Crippen MR) is 28.9 cm³/mol. The molecule has 0 amide bonds. The lowest BCUT2D eigenvalue weighted by atomic mass is 10.4. The molecule has 0 aromatic carbocycles. The van der Waals surface area contributed by atoms with Crippen molar-refractivity contribution in [1.82, 2.24) is 0 Å². The molecule has 1 rings (SSSR count). The molecule has 8 heavy (non-hydrogen) atoms. The zero-order chi connectivity index (χ0) is 5.98. The van der Waals surface area contributed by atoms with Gasteiger partial charge in [-0.15, -0.1) is 0 Å². The molecule has 0 saturated carbocycles. The van der Waals surface area contributed by atoms with Gasteiger partial charge in [-0.3, -0.25) is 9.79 Å². The van der Waals surface area contributed by atoms with Gasteiger partial charge in [0, 0.05) is 6.92 Å². The van der Waals surface area contributed by atoms with Gasteiger partial charge in [0.1, 0.15) is 0 Å². The average Bonchev–Trinajstić information content (AvgIpc) is 2.14. The van der Waals surface area contributed by atoms with Crippen molar-refractivity contribution < 1.29 is 9.53 Å². The first-order valence-electron chi connectivity index (χ1n) is 2.46. The summed E-state index contributed by atoms with van der Waals surface area (Å²) in [5, 5.41) is 0. The van der Waals surface area contributed by atoms with Gasteiger partial charge >= 0.3 is 0 Å². The van der Waals surface area contributed by atoms with E-state index in [0.29, 0.717) is 12.4 Å². The number of carbonyl (C=O) groups excluding carboxylic acids is 1. The Morgan fingerprint density at radius 1 is 2.00 bits per heavy atom. The molecule has 44 valence electrons. The van der Waals surface area contributed by atoms with Crippen molar-refractivity contribution in [2.24, 2.45) is 4.99 Å². The highest BCUT2D eigenvalue weighted by Gasteiger charge is 2.13. The van der Waals surface area contributed by atoms with E-state index in [0.717, 1.165) is 6.29 Å². The number of hydrogen-bond donors (Lipinski definition) is 0. The van der Waals surface area contributed by atoms with E-state index in [4.69, 9.17) is 4.74 Å². The molecule has 0 radical (unpaired) electrons. The molecule has 1 aliphatic heterocycles. The summed E-state index contributed by atoms with van der Waals surface area (Å²) in [7, 11) is 0. The summed E-state index contributed by atoms with van der Waals surface area (Å²) in [6, 6.07) is 0. The summed E-state index contributed by atoms with van der Waals surface area (Å²) in [6.07, 6.45) is 0.454. The Labute approximate surface area is 47.4 Å². The van der Waals surface area contributed by atoms with Crippen LogP contribution in [0.1, 0.15) is 6.92 Å². The second-order valence-electron chi connectivity index (χ2n) is 1.65. The molecule has 1 unspecified atom stereocenters. The van der Waals surface area contributed by atoms with E-state index in [2.05, 4.69) is 4.99 Å². The molecule has 1 aliphatic rings. The van der Waals surface area contributed by atoms with E-state index in [9.17, 15) is 4.79 Å². The molecule has 0 fully saturated rings. The molecule has 0 bridgehead atoms. The van der Waals surface area contributed by atoms with Gasteiger partial charge in [0.25, 0.3) is 0 Å². The molecular formula is C5H7NO2. The van der Waals surface area contributed by atoms with Crippen LogP contribution < -0.4 is 0 Å². The first kappa shape index (κ1) is 5.28. The Hall–Kier alpha value is -0.860. The first-order valence-corrected chi connectivity index (χ1v) is 2.46. The summed E-state index contributed by atoms with van der Waals surface area (Å²) in [6.45, 7) is 2.23. The standard InChI is InChI=1S/C5H7NO2/c1-4-6-2-5(3-7)8-4/h3,5H,2H2,1H3. The molecule has 0 spiro atoms. The van der Waals surface area contributed by atoms with Crippen molar-refractivity contribution >= 4 is 12.2 Å². The molecule has 0 aromatic rings. The van der Waals surface area contributed by atoms with Gasteiger partial charge in [0.15, 0.2) is 18.3 Å². The number of hydrogen-bond acceptors (Lipinski definition) is 3. The van der Waals surface area contributed by atoms with Crippen LogP contribution in [0.5, 0.6) is 0 Å². The number of rotatable bonds is 1. The summed E-state index contributed by atoms with van der Waals surface area (Å²) < 4.78 is 4.89. The highest BCUT2D eigenvalue weighted by Crippen LogP contribution is 1.99. The van der Waals surface area contributed by atoms with E-state index in [1.54, 1.807) is 6.92 Å². The number of nitrogens with zero attached hydrogens (tertiary/aromatic N) is 1. The van der Waals surface area contributed by atoms with Crippen LogP contribution in [-0.4, -0.2) is 24.8 Å². The summed E-state index contributed by atoms with van der Waals surface area (Å²) >= 11 is 0. The second kappa shape index (κ2) is 1.94. The van der Waals surface area contributed by atoms with Crippen LogP contribution in [0.25, 0.3) is 0 Å². The monoisotopic (exact) mass is 113 g/mol. The van der Waals surface area contributed by atoms with Gasteiger partial charge in [0.2, 0.25) is 0 Å². The SMILES string of the molecule is CC1=NCC(C=O)O1. The lowest BCUT2D eigenvalue weighted by Crippen LogP contribution is -2.12. The van der Waals surface area contributed by atoms with Crippen molar-refractivity contribution in [2.45, 2.75) is 13.0 Å². The highest BCUT2D eigenvalue weighted by atomic mass is 16.5. The van der Waals surface area contributed by atoms with E-state index in [-0.39, 0.29) is 6.10 Å². The Kier molecular flexibility index (Phi) is 1.28. The Balaban J connectivity index is 2.43. The normalized spacial score (nSPS) is 26.6. The average molecular weight is 113 g/mol. The summed E-state index contributed by atoms with van der Waals surface area (Å²) in [5.41, 5.74) is 0. The quantitative estimate of drug-likeness (QED) is 0.449. The van der Waals surface area contributed by atoms with Crippen molar-refractivity contribution in [1.29, 1.82) is 0 Å². The van der Waals surface area contributed by atoms with Crippen molar-refractivity contribution in [2.75, 3.05) is 6.54 Å². The van der Waals surface area contributed by atoms with Crippen molar-refractivity contribution in [3.05, 3.63) is 0 Å². The van der Waals surface area contributed by atoms with E-state index < -0.39 is 0 Å². The fraction of sp³-hybridized carbons (Fsp3) is 0.600. The number of carbonyl (C=O) groups is 1. The number of aliphatic imine (C=N–C) groups is 1. The summed E-state index contributed by atoms with van der Waals surface area (Å²) in [5.74, 6) is 0.613. The van der Waals surface area contributed by atoms with Gasteiger partial charge in [-0.2, -0.15) is 0 Å². The van der Waals surface area contributed by atoms with Gasteiger partial charge in [-0.25, -0.2) is 0 Å². The zero-order valence-electron chi connectivity index (χ0n) is 4.63. The fourth-order valence-corrected chi connectivity index (χ4v) is 0.583. The maximum absolute atomic E-state index is 9.95. The molecule has 3 nitrogen and oxygen atoms in total. The Morgan fingerprint density at radius 3 is 3.00 bits per heavy atom. The predicted octanol–water partition coefficient (Wildman–Crippen LogP) is 0.00250. The third kappa shape index (κ3) is 0.857. The maximum atomic E-state index is 9.95. The molecule has 0 N–H and O–H groups in total. The van der Waals surface area contributed by atoms with Crippen LogP contribution in [0.3, 0.4) is 0 Å². The van der Waals surface area contributed by atoms with Crippen molar-refractivity contribution in [3.63, 3.8) is 0 Å². The second-order valence-corrected chi connectivity index (χ2v) is 1.65. The van der Waals surface area contributed by atoms with Gasteiger partial charge in [-0.05, 0) is 0 Å². The molecule has 0 aliphatic carbocycles. The maximum Gasteiger partial charge on any atom is 0.181 e. The molecular weight excluding hydrogens is 106 g/mol. The van der Waals surface area contributed by atoms with E-state index >= 15 is 0 Å². The highest BCUT2D eigenvalue weighted by molar-refractivity contribution is 5.78. The number of aldehydes is 1. The molecule has 0 aromatic heterocycles. The van der Waals surface area contributed by atoms with Gasteiger partial charge in [-0.1, -0.05) is 0 Å². The smallest absolute Gasteiger partial charge is 0.181 e. The van der Waals surface area contributed by atoms with Crippen LogP contribution in [0.15, 0.2) is 4.99 Å². The fourth-order valence-electron chi connectivity index (χ4n) is 0.583. The minimum Gasteiger partial charge on any atom is -0.468 e. The third-order valence-corrected chi connectivity index (χ3v) is 0.968. The lowest BCUT2D eigenvalue weighted by Gasteiger charge is -1.97. The van der Waals surface area contributed by atoms with Crippen LogP contribution >= 0.6 is 0 Å². The van der Waals surface area contributed by atoms with E-state index in [1.165, 1.54) is 0 Å². The Morgan fingerprint density at radius 2 is 2.75 bits per heavy atom. The topological polar surface area (TPSA) is 38.7 Å². The molecule has 1 atom stereocenters. The van der Waals surface area contributed by atoms with Gasteiger partial charge in [0.05, 0.1) is 6.54 Å². The lowest BCUT2D eigenvalue weighted by molar-refractivity contribution is -0.113. The minimum atomic E-state index is -0.310. The van der Waals surface area contributed by atoms with E-state index in [1.807, 2.05) is 0 Å². The van der Waals surface area contributed by atoms with Crippen LogP contribution in [-0.2, 0) is 9.53 Å². The zero-order valence-corrected chi connectivity index (χ0v) is 4.63. The first-order chi connectivity index (χ1) is 3.83. The van der Waals surface area contributed by atoms with Gasteiger partial charge < -0.3 is 4.74 Å². The van der Waals surface area contributed by atoms with Crippen LogP contribution in [0, 0.1) is 0 Å². The number of ether oxygens (including phenoxy) is 1. The Bertz CT molecular complexity index is 130. The molecule has 0 saturated heterocycles. The third-order valence-electron chi connectivity index (χ3n) is 0.968. The van der Waals surface area contributed by atoms with Crippen LogP contribution in [0.2, 0.25) is 0 Å². The molecule has 1 heterocycles. The summed E-state index contributed by atoms with van der Waals surface area (Å²) in [4.78, 5) is 13.8. The minimum absolute atomic E-state index is 0.310.